The zero-order valence-corrected chi connectivity index (χ0v) is 14.1. The highest BCUT2D eigenvalue weighted by Crippen LogP contribution is 2.19. The van der Waals surface area contributed by atoms with E-state index in [4.69, 9.17) is 0 Å². The predicted octanol–water partition coefficient (Wildman–Crippen LogP) is 2.70. The Morgan fingerprint density at radius 1 is 1.45 bits per heavy atom. The fourth-order valence-corrected chi connectivity index (χ4v) is 2.92. The molecule has 5 heteroatoms. The molecule has 1 unspecified atom stereocenters. The summed E-state index contributed by atoms with van der Waals surface area (Å²) in [5, 5.41) is 3.35. The Morgan fingerprint density at radius 3 is 2.82 bits per heavy atom. The molecule has 1 aromatic carbocycles. The maximum atomic E-state index is 14.0. The van der Waals surface area contributed by atoms with Crippen molar-refractivity contribution in [3.63, 3.8) is 0 Å². The van der Waals surface area contributed by atoms with E-state index in [0.717, 1.165) is 24.6 Å². The summed E-state index contributed by atoms with van der Waals surface area (Å²) < 4.78 is 14.0. The Bertz CT molecular complexity index is 527. The number of nitrogens with zero attached hydrogens (tertiary/aromatic N) is 3. The first-order valence-electron chi connectivity index (χ1n) is 7.92. The maximum Gasteiger partial charge on any atom is 0.193 e. The zero-order valence-electron chi connectivity index (χ0n) is 14.1. The molecule has 1 aromatic rings. The van der Waals surface area contributed by atoms with Crippen LogP contribution in [0.5, 0.6) is 0 Å². The van der Waals surface area contributed by atoms with Gasteiger partial charge in [-0.1, -0.05) is 13.0 Å². The van der Waals surface area contributed by atoms with Crippen molar-refractivity contribution in [2.24, 2.45) is 10.9 Å². The van der Waals surface area contributed by atoms with Crippen LogP contribution in [-0.2, 0) is 6.54 Å². The van der Waals surface area contributed by atoms with Gasteiger partial charge >= 0.3 is 0 Å². The molecule has 1 saturated heterocycles. The third-order valence-corrected chi connectivity index (χ3v) is 4.11. The summed E-state index contributed by atoms with van der Waals surface area (Å²) in [5.41, 5.74) is 1.53. The molecule has 1 aliphatic rings. The van der Waals surface area contributed by atoms with Crippen LogP contribution in [0.3, 0.4) is 0 Å². The first kappa shape index (κ1) is 16.6. The monoisotopic (exact) mass is 306 g/mol. The van der Waals surface area contributed by atoms with E-state index in [-0.39, 0.29) is 5.82 Å². The molecule has 1 atom stereocenters. The lowest BCUT2D eigenvalue weighted by molar-refractivity contribution is 0.266. The minimum atomic E-state index is -0.189. The lowest BCUT2D eigenvalue weighted by atomic mass is 10.0. The second kappa shape index (κ2) is 7.47. The number of piperidine rings is 1. The highest BCUT2D eigenvalue weighted by Gasteiger charge is 2.19. The second-order valence-corrected chi connectivity index (χ2v) is 6.27. The van der Waals surface area contributed by atoms with E-state index >= 15 is 0 Å². The molecule has 0 saturated carbocycles. The van der Waals surface area contributed by atoms with Crippen molar-refractivity contribution in [3.8, 4) is 0 Å². The number of anilines is 1. The van der Waals surface area contributed by atoms with Gasteiger partial charge in [-0.3, -0.25) is 4.99 Å². The SMILES string of the molecule is CN=C(NCc1ccc(N(C)C)c(F)c1)N1CCCC(C)C1. The molecular weight excluding hydrogens is 279 g/mol. The Balaban J connectivity index is 1.97. The molecule has 0 bridgehead atoms. The van der Waals surface area contributed by atoms with Crippen LogP contribution in [-0.4, -0.2) is 45.1 Å². The van der Waals surface area contributed by atoms with Gasteiger partial charge in [-0.2, -0.15) is 0 Å². The largest absolute Gasteiger partial charge is 0.375 e. The quantitative estimate of drug-likeness (QED) is 0.688. The number of likely N-dealkylation sites (tertiary alicyclic amines) is 1. The number of hydrogen-bond donors (Lipinski definition) is 1. The number of hydrogen-bond acceptors (Lipinski definition) is 2. The lowest BCUT2D eigenvalue weighted by Crippen LogP contribution is -2.45. The van der Waals surface area contributed by atoms with Crippen molar-refractivity contribution in [1.82, 2.24) is 10.2 Å². The molecule has 0 amide bonds. The van der Waals surface area contributed by atoms with Gasteiger partial charge in [-0.25, -0.2) is 4.39 Å². The van der Waals surface area contributed by atoms with Crippen LogP contribution in [0.4, 0.5) is 10.1 Å². The fourth-order valence-electron chi connectivity index (χ4n) is 2.92. The van der Waals surface area contributed by atoms with Crippen molar-refractivity contribution in [2.75, 3.05) is 39.1 Å². The Morgan fingerprint density at radius 2 is 2.23 bits per heavy atom. The fraction of sp³-hybridized carbons (Fsp3) is 0.588. The van der Waals surface area contributed by atoms with Gasteiger partial charge in [-0.05, 0) is 36.5 Å². The zero-order chi connectivity index (χ0) is 16.1. The van der Waals surface area contributed by atoms with Crippen molar-refractivity contribution in [3.05, 3.63) is 29.6 Å². The van der Waals surface area contributed by atoms with Crippen LogP contribution in [0, 0.1) is 11.7 Å². The third kappa shape index (κ3) is 4.12. The standard InChI is InChI=1S/C17H27FN4/c1-13-6-5-9-22(12-13)17(19-2)20-11-14-7-8-16(21(3)4)15(18)10-14/h7-8,10,13H,5-6,9,11-12H2,1-4H3,(H,19,20). The first-order chi connectivity index (χ1) is 10.5. The number of nitrogens with one attached hydrogen (secondary N) is 1. The predicted molar refractivity (Wildman–Crippen MR) is 90.9 cm³/mol. The minimum Gasteiger partial charge on any atom is -0.375 e. The Hall–Kier alpha value is -1.78. The first-order valence-corrected chi connectivity index (χ1v) is 7.92. The molecule has 0 aliphatic carbocycles. The van der Waals surface area contributed by atoms with Gasteiger partial charge in [-0.15, -0.1) is 0 Å². The molecule has 1 heterocycles. The van der Waals surface area contributed by atoms with E-state index in [0.29, 0.717) is 18.2 Å². The number of guanidine groups is 1. The van der Waals surface area contributed by atoms with Gasteiger partial charge in [0.15, 0.2) is 5.96 Å². The maximum absolute atomic E-state index is 14.0. The highest BCUT2D eigenvalue weighted by molar-refractivity contribution is 5.80. The summed E-state index contributed by atoms with van der Waals surface area (Å²) in [7, 11) is 5.49. The van der Waals surface area contributed by atoms with E-state index in [1.165, 1.54) is 12.8 Å². The average Bonchev–Trinajstić information content (AvgIpc) is 2.47. The van der Waals surface area contributed by atoms with Gasteiger partial charge in [0.25, 0.3) is 0 Å². The van der Waals surface area contributed by atoms with Crippen LogP contribution in [0.2, 0.25) is 0 Å². The molecule has 0 aromatic heterocycles. The Kier molecular flexibility index (Phi) is 5.63. The van der Waals surface area contributed by atoms with E-state index in [1.54, 1.807) is 18.0 Å². The molecule has 4 nitrogen and oxygen atoms in total. The number of aliphatic imine (C=N–C) groups is 1. The molecule has 1 N–H and O–H groups in total. The summed E-state index contributed by atoms with van der Waals surface area (Å²) in [6.07, 6.45) is 2.48. The molecule has 0 radical (unpaired) electrons. The Labute approximate surface area is 133 Å². The summed E-state index contributed by atoms with van der Waals surface area (Å²) in [4.78, 5) is 8.43. The summed E-state index contributed by atoms with van der Waals surface area (Å²) >= 11 is 0. The second-order valence-electron chi connectivity index (χ2n) is 6.27. The third-order valence-electron chi connectivity index (χ3n) is 4.11. The number of benzene rings is 1. The van der Waals surface area contributed by atoms with Crippen LogP contribution < -0.4 is 10.2 Å². The molecule has 1 fully saturated rings. The molecule has 2 rings (SSSR count). The van der Waals surface area contributed by atoms with Gasteiger partial charge < -0.3 is 15.1 Å². The molecule has 0 spiro atoms. The smallest absolute Gasteiger partial charge is 0.193 e. The molecular formula is C17H27FN4. The van der Waals surface area contributed by atoms with Gasteiger partial charge in [0, 0.05) is 40.8 Å². The molecule has 1 aliphatic heterocycles. The van der Waals surface area contributed by atoms with E-state index in [2.05, 4.69) is 22.1 Å². The topological polar surface area (TPSA) is 30.9 Å². The van der Waals surface area contributed by atoms with Crippen LogP contribution in [0.25, 0.3) is 0 Å². The van der Waals surface area contributed by atoms with Crippen LogP contribution >= 0.6 is 0 Å². The van der Waals surface area contributed by atoms with E-state index in [9.17, 15) is 4.39 Å². The van der Waals surface area contributed by atoms with Crippen LogP contribution in [0.1, 0.15) is 25.3 Å². The number of rotatable bonds is 3. The van der Waals surface area contributed by atoms with Gasteiger partial charge in [0.05, 0.1) is 5.69 Å². The van der Waals surface area contributed by atoms with Gasteiger partial charge in [0.2, 0.25) is 0 Å². The summed E-state index contributed by atoms with van der Waals surface area (Å²) in [6.45, 7) is 4.93. The average molecular weight is 306 g/mol. The van der Waals surface area contributed by atoms with E-state index in [1.807, 2.05) is 26.2 Å². The van der Waals surface area contributed by atoms with Crippen molar-refractivity contribution < 1.29 is 4.39 Å². The minimum absolute atomic E-state index is 0.189. The summed E-state index contributed by atoms with van der Waals surface area (Å²) in [5.74, 6) is 1.42. The summed E-state index contributed by atoms with van der Waals surface area (Å²) in [6, 6.07) is 5.37. The van der Waals surface area contributed by atoms with Crippen molar-refractivity contribution in [2.45, 2.75) is 26.3 Å². The van der Waals surface area contributed by atoms with Crippen molar-refractivity contribution >= 4 is 11.6 Å². The van der Waals surface area contributed by atoms with Crippen molar-refractivity contribution in [1.29, 1.82) is 0 Å². The highest BCUT2D eigenvalue weighted by atomic mass is 19.1. The van der Waals surface area contributed by atoms with Gasteiger partial charge in [0.1, 0.15) is 5.82 Å². The number of halogens is 1. The molecule has 22 heavy (non-hydrogen) atoms. The van der Waals surface area contributed by atoms with E-state index < -0.39 is 0 Å². The molecule has 122 valence electrons. The van der Waals surface area contributed by atoms with Crippen LogP contribution in [0.15, 0.2) is 23.2 Å². The normalized spacial score (nSPS) is 19.2. The lowest BCUT2D eigenvalue weighted by Gasteiger charge is -2.33.